The van der Waals surface area contributed by atoms with E-state index in [0.29, 0.717) is 0 Å². The second kappa shape index (κ2) is 6.05. The second-order valence-corrected chi connectivity index (χ2v) is 14.9. The van der Waals surface area contributed by atoms with Gasteiger partial charge in [-0.05, 0) is 38.3 Å². The Hall–Kier alpha value is 1.35. The molecule has 0 aliphatic rings. The average molecular weight is 348 g/mol. The van der Waals surface area contributed by atoms with Crippen LogP contribution in [0.4, 0.5) is 0 Å². The summed E-state index contributed by atoms with van der Waals surface area (Å²) in [5.74, 6) is 0. The third-order valence-corrected chi connectivity index (χ3v) is 11.5. The summed E-state index contributed by atoms with van der Waals surface area (Å²) in [7, 11) is -2.76. The third-order valence-electron chi connectivity index (χ3n) is 1.95. The van der Waals surface area contributed by atoms with Crippen molar-refractivity contribution < 1.29 is 4.12 Å². The molecule has 0 aliphatic carbocycles. The first-order valence-electron chi connectivity index (χ1n) is 4.65. The highest BCUT2D eigenvalue weighted by atomic mass is 79.9. The number of halogens is 2. The molecule has 1 nitrogen and oxygen atoms in total. The Morgan fingerprint density at radius 1 is 0.846 bits per heavy atom. The van der Waals surface area contributed by atoms with E-state index >= 15 is 0 Å². The molecule has 0 fully saturated rings. The molecule has 0 aromatic rings. The molecule has 0 aromatic heterocycles. The lowest BCUT2D eigenvalue weighted by atomic mass is 11.0. The monoisotopic (exact) mass is 346 g/mol. The Morgan fingerprint density at radius 3 is 1.38 bits per heavy atom. The zero-order valence-electron chi connectivity index (χ0n) is 8.99. The zero-order chi connectivity index (χ0) is 10.5. The lowest BCUT2D eigenvalue weighted by molar-refractivity contribution is 0.543. The highest BCUT2D eigenvalue weighted by Gasteiger charge is 2.31. The Morgan fingerprint density at radius 2 is 1.15 bits per heavy atom. The van der Waals surface area contributed by atoms with Crippen molar-refractivity contribution in [2.75, 3.05) is 10.7 Å². The van der Waals surface area contributed by atoms with Gasteiger partial charge in [0.15, 0.2) is 16.6 Å². The van der Waals surface area contributed by atoms with Crippen LogP contribution in [0.15, 0.2) is 0 Å². The molecule has 0 aromatic carbocycles. The molecule has 0 amide bonds. The van der Waals surface area contributed by atoms with Gasteiger partial charge in [-0.3, -0.25) is 0 Å². The number of rotatable bonds is 6. The van der Waals surface area contributed by atoms with E-state index in [1.807, 2.05) is 0 Å². The summed E-state index contributed by atoms with van der Waals surface area (Å²) in [5.41, 5.74) is 0. The van der Waals surface area contributed by atoms with Gasteiger partial charge in [-0.1, -0.05) is 31.9 Å². The molecule has 0 rings (SSSR count). The van der Waals surface area contributed by atoms with Crippen molar-refractivity contribution in [1.82, 2.24) is 0 Å². The van der Waals surface area contributed by atoms with Crippen molar-refractivity contribution in [3.05, 3.63) is 0 Å². The smallest absolute Gasteiger partial charge is 0.174 e. The minimum absolute atomic E-state index is 1.07. The van der Waals surface area contributed by atoms with Crippen molar-refractivity contribution in [3.8, 4) is 0 Å². The molecule has 0 radical (unpaired) electrons. The average Bonchev–Trinajstić information content (AvgIpc) is 1.82. The summed E-state index contributed by atoms with van der Waals surface area (Å²) < 4.78 is 6.32. The second-order valence-electron chi connectivity index (χ2n) is 4.50. The first-order valence-corrected chi connectivity index (χ1v) is 13.1. The van der Waals surface area contributed by atoms with E-state index in [2.05, 4.69) is 58.0 Å². The van der Waals surface area contributed by atoms with Gasteiger partial charge in [0.1, 0.15) is 0 Å². The van der Waals surface area contributed by atoms with Crippen molar-refractivity contribution in [1.29, 1.82) is 0 Å². The van der Waals surface area contributed by atoms with Crippen molar-refractivity contribution in [3.63, 3.8) is 0 Å². The van der Waals surface area contributed by atoms with Crippen LogP contribution in [-0.2, 0) is 4.12 Å². The fourth-order valence-corrected chi connectivity index (χ4v) is 14.7. The molecule has 80 valence electrons. The van der Waals surface area contributed by atoms with Crippen LogP contribution < -0.4 is 0 Å². The van der Waals surface area contributed by atoms with Gasteiger partial charge in [-0.2, -0.15) is 0 Å². The van der Waals surface area contributed by atoms with Crippen LogP contribution in [0.2, 0.25) is 38.3 Å². The predicted molar refractivity (Wildman–Crippen MR) is 73.3 cm³/mol. The molecular weight excluding hydrogens is 328 g/mol. The van der Waals surface area contributed by atoms with Crippen LogP contribution in [-0.4, -0.2) is 27.3 Å². The Balaban J connectivity index is 4.07. The minimum Gasteiger partial charge on any atom is -0.455 e. The Bertz CT molecular complexity index is 135. The van der Waals surface area contributed by atoms with Gasteiger partial charge >= 0.3 is 0 Å². The highest BCUT2D eigenvalue weighted by molar-refractivity contribution is 9.09. The highest BCUT2D eigenvalue weighted by Crippen LogP contribution is 2.22. The van der Waals surface area contributed by atoms with E-state index in [1.165, 1.54) is 12.1 Å². The zero-order valence-corrected chi connectivity index (χ0v) is 14.2. The summed E-state index contributed by atoms with van der Waals surface area (Å²) in [6, 6.07) is 2.43. The van der Waals surface area contributed by atoms with E-state index in [4.69, 9.17) is 4.12 Å². The fourth-order valence-electron chi connectivity index (χ4n) is 1.31. The number of hydrogen-bond donors (Lipinski definition) is 0. The normalized spacial score (nSPS) is 13.4. The van der Waals surface area contributed by atoms with Crippen LogP contribution in [0.1, 0.15) is 0 Å². The molecule has 0 saturated carbocycles. The van der Waals surface area contributed by atoms with Crippen molar-refractivity contribution >= 4 is 48.5 Å². The van der Waals surface area contributed by atoms with Crippen LogP contribution in [0, 0.1) is 0 Å². The molecule has 0 N–H and O–H groups in total. The van der Waals surface area contributed by atoms with Crippen molar-refractivity contribution in [2.45, 2.75) is 38.3 Å². The van der Waals surface area contributed by atoms with Crippen LogP contribution in [0.25, 0.3) is 0 Å². The molecule has 0 spiro atoms. The standard InChI is InChI=1S/C8H20Br2OSi2/c1-12(2,7-5-9)11-13(3,4)8-6-10/h5-8H2,1-4H3. The minimum atomic E-state index is -1.38. The maximum Gasteiger partial charge on any atom is 0.174 e. The van der Waals surface area contributed by atoms with Gasteiger partial charge in [0.2, 0.25) is 0 Å². The summed E-state index contributed by atoms with van der Waals surface area (Å²) in [6.07, 6.45) is 0. The van der Waals surface area contributed by atoms with E-state index in [9.17, 15) is 0 Å². The number of hydrogen-bond acceptors (Lipinski definition) is 1. The Labute approximate surface area is 101 Å². The summed E-state index contributed by atoms with van der Waals surface area (Å²) >= 11 is 6.99. The maximum absolute atomic E-state index is 6.32. The number of alkyl halides is 2. The molecule has 0 bridgehead atoms. The van der Waals surface area contributed by atoms with E-state index in [-0.39, 0.29) is 0 Å². The topological polar surface area (TPSA) is 9.23 Å². The van der Waals surface area contributed by atoms with Gasteiger partial charge in [0, 0.05) is 10.7 Å². The molecule has 5 heteroatoms. The van der Waals surface area contributed by atoms with Crippen LogP contribution in [0.3, 0.4) is 0 Å². The summed E-state index contributed by atoms with van der Waals surface area (Å²) in [5, 5.41) is 2.15. The molecular formula is C8H20Br2OSi2. The molecule has 0 atom stereocenters. The largest absolute Gasteiger partial charge is 0.455 e. The van der Waals surface area contributed by atoms with Crippen LogP contribution in [0.5, 0.6) is 0 Å². The Kier molecular flexibility index (Phi) is 6.68. The van der Waals surface area contributed by atoms with Gasteiger partial charge in [0.05, 0.1) is 0 Å². The maximum atomic E-state index is 6.32. The summed E-state index contributed by atoms with van der Waals surface area (Å²) in [6.45, 7) is 9.27. The lowest BCUT2D eigenvalue weighted by Crippen LogP contribution is -2.44. The predicted octanol–water partition coefficient (Wildman–Crippen LogP) is 4.20. The van der Waals surface area contributed by atoms with E-state index in [1.54, 1.807) is 0 Å². The summed E-state index contributed by atoms with van der Waals surface area (Å²) in [4.78, 5) is 0. The lowest BCUT2D eigenvalue weighted by Gasteiger charge is -2.33. The molecule has 0 heterocycles. The van der Waals surface area contributed by atoms with Gasteiger partial charge in [-0.25, -0.2) is 0 Å². The van der Waals surface area contributed by atoms with E-state index in [0.717, 1.165) is 10.7 Å². The van der Waals surface area contributed by atoms with Gasteiger partial charge < -0.3 is 4.12 Å². The quantitative estimate of drug-likeness (QED) is 0.516. The van der Waals surface area contributed by atoms with E-state index < -0.39 is 16.6 Å². The van der Waals surface area contributed by atoms with Gasteiger partial charge in [0.25, 0.3) is 0 Å². The molecule has 0 aliphatic heterocycles. The van der Waals surface area contributed by atoms with Crippen molar-refractivity contribution in [2.24, 2.45) is 0 Å². The fraction of sp³-hybridized carbons (Fsp3) is 1.00. The molecule has 0 saturated heterocycles. The first kappa shape index (κ1) is 14.4. The molecule has 13 heavy (non-hydrogen) atoms. The van der Waals surface area contributed by atoms with Gasteiger partial charge in [-0.15, -0.1) is 0 Å². The van der Waals surface area contributed by atoms with Crippen LogP contribution >= 0.6 is 31.9 Å². The first-order chi connectivity index (χ1) is 5.83. The molecule has 0 unspecified atom stereocenters. The SMILES string of the molecule is C[Si](C)(CCBr)O[Si](C)(C)CCBr. The third kappa shape index (κ3) is 7.30.